The number of carboxylic acids is 1. The first-order valence-corrected chi connectivity index (χ1v) is 35.1. The summed E-state index contributed by atoms with van der Waals surface area (Å²) < 4.78 is 43.0. The van der Waals surface area contributed by atoms with E-state index in [1.165, 1.54) is 55.0 Å². The Labute approximate surface area is 685 Å². The Hall–Kier alpha value is -6.42. The van der Waals surface area contributed by atoms with Crippen LogP contribution < -0.4 is 68.6 Å². The Morgan fingerprint density at radius 1 is 0.491 bits per heavy atom. The second kappa shape index (κ2) is 48.9. The molecule has 2 saturated heterocycles. The second-order valence-electron chi connectivity index (χ2n) is 25.8. The summed E-state index contributed by atoms with van der Waals surface area (Å²) in [6.45, 7) is 9.45. The molecule has 2 atom stereocenters. The molecule has 6 aromatic rings. The van der Waals surface area contributed by atoms with Gasteiger partial charge in [-0.05, 0) is 118 Å². The van der Waals surface area contributed by atoms with Crippen LogP contribution in [0.1, 0.15) is 99.0 Å². The van der Waals surface area contributed by atoms with Gasteiger partial charge in [-0.3, -0.25) is 49.6 Å². The van der Waals surface area contributed by atoms with Gasteiger partial charge < -0.3 is 85.5 Å². The zero-order valence-corrected chi connectivity index (χ0v) is 68.1. The first-order chi connectivity index (χ1) is 49.5. The Bertz CT molecular complexity index is 3800. The van der Waals surface area contributed by atoms with Crippen LogP contribution in [0, 0.1) is 40.5 Å². The summed E-state index contributed by atoms with van der Waals surface area (Å²) in [5.41, 5.74) is 5.71. The SMILES string of the molecule is C[N+](CCOC(=O)OCCl)(Cc1ccc([N+](=O)[O-])cc1)Cc1ccc(Cl)cc1Cl.C[N+](CCOC(=O)OCOC(=O)CCC[N+]1(Cc2ccc([N+](=O)[O-])cc2)CCCCC1)(Cc1ccc([N+](=O)[O-])cc1)Cc1ccc(Cl)cc1Cl.O=C([O-])CCC[N+]1(Cc2ccc([N+](=O)[O-])cc2)CCCCC1.[2H]CF.[Br-].[Br-].[Na+]. The van der Waals surface area contributed by atoms with E-state index >= 15 is 0 Å². The Balaban J connectivity index is 0.000000578. The fourth-order valence-electron chi connectivity index (χ4n) is 12.5. The number of nitro benzene ring substituents is 4. The Morgan fingerprint density at radius 3 is 1.14 bits per heavy atom. The molecule has 2 heterocycles. The normalized spacial score (nSPS) is 14.3. The fourth-order valence-corrected chi connectivity index (χ4v) is 13.6. The Morgan fingerprint density at radius 2 is 0.821 bits per heavy atom. The number of ether oxygens (including phenoxy) is 5. The summed E-state index contributed by atoms with van der Waals surface area (Å²) >= 11 is 30.2. The van der Waals surface area contributed by atoms with Crippen LogP contribution in [0.5, 0.6) is 0 Å². The number of alkyl halides is 2. The molecule has 0 bridgehead atoms. The van der Waals surface area contributed by atoms with Gasteiger partial charge in [0, 0.05) is 111 Å². The minimum Gasteiger partial charge on any atom is -1.00 e. The van der Waals surface area contributed by atoms with Gasteiger partial charge in [0.15, 0.2) is 6.07 Å². The number of likely N-dealkylation sites (N-methyl/N-ethyl adjacent to an activating group) is 2. The maximum Gasteiger partial charge on any atom is 1.00 e. The molecule has 574 valence electrons. The van der Waals surface area contributed by atoms with Gasteiger partial charge in [0.1, 0.15) is 65.6 Å². The number of nitrogens with zero attached hydrogens (tertiary/aromatic N) is 8. The van der Waals surface area contributed by atoms with Crippen molar-refractivity contribution in [2.45, 2.75) is 103 Å². The van der Waals surface area contributed by atoms with Gasteiger partial charge in [-0.2, -0.15) is 0 Å². The zero-order valence-electron chi connectivity index (χ0n) is 60.2. The molecule has 0 aromatic heterocycles. The van der Waals surface area contributed by atoms with E-state index in [1.54, 1.807) is 60.7 Å². The monoisotopic (exact) mass is 1720 g/mol. The summed E-state index contributed by atoms with van der Waals surface area (Å²) in [6, 6.07) is 36.2. The van der Waals surface area contributed by atoms with Crippen LogP contribution in [0.3, 0.4) is 0 Å². The van der Waals surface area contributed by atoms with E-state index < -0.39 is 57.9 Å². The van der Waals surface area contributed by atoms with E-state index in [1.807, 2.05) is 38.4 Å². The quantitative estimate of drug-likeness (QED) is 0.00646. The third-order valence-electron chi connectivity index (χ3n) is 17.7. The van der Waals surface area contributed by atoms with Gasteiger partial charge in [-0.1, -0.05) is 70.1 Å². The van der Waals surface area contributed by atoms with E-state index in [0.29, 0.717) is 81.2 Å². The number of nitro groups is 4. The maximum atomic E-state index is 12.4. The van der Waals surface area contributed by atoms with Gasteiger partial charge >= 0.3 is 47.8 Å². The van der Waals surface area contributed by atoms with E-state index in [4.69, 9.17) is 78.3 Å². The van der Waals surface area contributed by atoms with Gasteiger partial charge in [0.2, 0.25) is 6.79 Å². The second-order valence-corrected chi connectivity index (χ2v) is 27.7. The van der Waals surface area contributed by atoms with Gasteiger partial charge in [0.25, 0.3) is 22.7 Å². The summed E-state index contributed by atoms with van der Waals surface area (Å²) in [5.74, 6) is -1.49. The van der Waals surface area contributed by atoms with Crippen molar-refractivity contribution in [3.63, 3.8) is 0 Å². The molecule has 6 aromatic carbocycles. The van der Waals surface area contributed by atoms with Crippen LogP contribution in [0.25, 0.3) is 0 Å². The topological polar surface area (TPSA) is 310 Å². The van der Waals surface area contributed by atoms with Gasteiger partial charge in [-0.25, -0.2) is 9.59 Å². The third-order valence-corrected chi connectivity index (χ3v) is 19.0. The van der Waals surface area contributed by atoms with Crippen molar-refractivity contribution in [3.05, 3.63) is 227 Å². The number of esters is 1. The van der Waals surface area contributed by atoms with Crippen molar-refractivity contribution in [2.75, 3.05) is 99.7 Å². The molecule has 2 unspecified atom stereocenters. The largest absolute Gasteiger partial charge is 1.00 e. The minimum absolute atomic E-state index is 0. The molecule has 26 nitrogen and oxygen atoms in total. The van der Waals surface area contributed by atoms with Crippen molar-refractivity contribution in [3.8, 4) is 0 Å². The van der Waals surface area contributed by atoms with Gasteiger partial charge in [0.05, 0.1) is 98.0 Å². The number of likely N-dealkylation sites (tertiary alicyclic amines) is 2. The van der Waals surface area contributed by atoms with E-state index in [2.05, 4.69) is 4.74 Å². The van der Waals surface area contributed by atoms with E-state index in [0.717, 1.165) is 127 Å². The predicted molar refractivity (Wildman–Crippen MR) is 384 cm³/mol. The smallest absolute Gasteiger partial charge is 1.00 e. The first-order valence-electron chi connectivity index (χ1n) is 33.7. The maximum absolute atomic E-state index is 12.4. The van der Waals surface area contributed by atoms with Crippen molar-refractivity contribution in [1.29, 1.82) is 0 Å². The standard InChI is InChI=1S/C35H42Cl2N4O9.C19H20Cl3N2O5.C16H22N2O4.CH3F.2BrH.Na/c1-40(25-29-11-12-30(36)22-33(29)37,23-27-7-13-31(14-8-27)38(44)45)20-21-48-35(43)50-26-49-34(42)6-5-19-41(17-3-2-4-18-41)24-28-9-15-32(16-10-28)39(46)47;1-24(8-9-28-19(25)29-13-20,12-15-4-5-16(21)10-18(15)22)11-14-2-6-17(7-3-14)23(26)27;19-16(20)5-4-12-18(10-2-1-3-11-18)13-14-6-8-15(9-7-14)17(21)22;1-2;;;/h7-16,22H,2-6,17-21,23-26H2,1H3;2-7,10H,8-9,11-13H2,1H3;6-9H,1-5,10-13H2;1H3;2*1H;/q+2;+1;;;;;+1/p-2/i;;;1D;;;. The van der Waals surface area contributed by atoms with Gasteiger partial charge in [-0.15, -0.1) is 0 Å². The van der Waals surface area contributed by atoms with Crippen LogP contribution in [0.2, 0.25) is 20.1 Å². The van der Waals surface area contributed by atoms with Crippen molar-refractivity contribution in [1.82, 2.24) is 0 Å². The number of benzene rings is 6. The van der Waals surface area contributed by atoms with E-state index in [-0.39, 0.29) is 118 Å². The summed E-state index contributed by atoms with van der Waals surface area (Å²) in [4.78, 5) is 88.8. The Kier molecular flexibility index (Phi) is 43.2. The molecule has 35 heteroatoms. The third kappa shape index (κ3) is 34.4. The van der Waals surface area contributed by atoms with Crippen molar-refractivity contribution >= 4 is 105 Å². The number of carboxylic acid groups (broad SMARTS) is 1. The molecule has 0 saturated carbocycles. The number of non-ortho nitro benzene ring substituents is 4. The average Bonchev–Trinajstić information content (AvgIpc) is 0.843. The number of piperidine rings is 2. The molecular weight excluding hydrogens is 1630 g/mol. The number of halogens is 8. The summed E-state index contributed by atoms with van der Waals surface area (Å²) in [6.07, 6.45) is 6.48. The fraction of sp³-hybridized carbons (Fsp3) is 0.437. The van der Waals surface area contributed by atoms with Crippen molar-refractivity contribution < 1.29 is 155 Å². The zero-order chi connectivity index (χ0) is 76.3. The minimum atomic E-state index is -1.00. The average molecular weight is 1720 g/mol. The predicted octanol–water partition coefficient (Wildman–Crippen LogP) is 6.21. The molecule has 0 N–H and O–H groups in total. The van der Waals surface area contributed by atoms with Crippen LogP contribution in [0.4, 0.5) is 36.7 Å². The molecule has 0 spiro atoms. The molecular formula is C71H87Br2Cl5FN8NaO18+2. The number of hydrogen-bond acceptors (Lipinski definition) is 18. The van der Waals surface area contributed by atoms with Crippen LogP contribution in [-0.2, 0) is 72.5 Å². The van der Waals surface area contributed by atoms with Crippen LogP contribution >= 0.6 is 58.0 Å². The molecule has 106 heavy (non-hydrogen) atoms. The molecule has 0 radical (unpaired) electrons. The van der Waals surface area contributed by atoms with Crippen molar-refractivity contribution in [2.24, 2.45) is 0 Å². The van der Waals surface area contributed by atoms with Crippen LogP contribution in [-0.4, -0.2) is 162 Å². The number of carbonyl (C=O) groups excluding carboxylic acids is 4. The summed E-state index contributed by atoms with van der Waals surface area (Å²) in [7, 11) is 2.92. The number of hydrogen-bond donors (Lipinski definition) is 0. The van der Waals surface area contributed by atoms with E-state index in [9.17, 15) is 69.1 Å². The molecule has 0 aliphatic carbocycles. The number of carbonyl (C=O) groups is 4. The molecule has 8 rings (SSSR count). The molecule has 2 fully saturated rings. The van der Waals surface area contributed by atoms with Crippen LogP contribution in [0.15, 0.2) is 133 Å². The summed E-state index contributed by atoms with van der Waals surface area (Å²) in [5, 5.41) is 56.4. The molecule has 2 aliphatic heterocycles. The first kappa shape index (κ1) is 93.8. The number of rotatable bonds is 33. The molecule has 0 amide bonds. The number of quaternary nitrogens is 4. The molecule has 2 aliphatic rings. The number of aliphatic carboxylic acids is 1.